The first kappa shape index (κ1) is 19.0. The molecule has 0 spiro atoms. The highest BCUT2D eigenvalue weighted by Crippen LogP contribution is 2.21. The number of aromatic nitrogens is 1. The topological polar surface area (TPSA) is 57.7 Å². The van der Waals surface area contributed by atoms with Crippen molar-refractivity contribution in [1.82, 2.24) is 9.88 Å². The van der Waals surface area contributed by atoms with Crippen LogP contribution in [0.5, 0.6) is 0 Å². The van der Waals surface area contributed by atoms with E-state index >= 15 is 0 Å². The summed E-state index contributed by atoms with van der Waals surface area (Å²) in [5, 5.41) is 3.58. The molecule has 0 radical (unpaired) electrons. The summed E-state index contributed by atoms with van der Waals surface area (Å²) in [5.74, 6) is 1.22. The van der Waals surface area contributed by atoms with E-state index in [0.717, 1.165) is 63.3 Å². The molecular weight excluding hydrogens is 328 g/mol. The number of anilines is 2. The lowest BCUT2D eigenvalue weighted by molar-refractivity contribution is -0.135. The van der Waals surface area contributed by atoms with Crippen molar-refractivity contribution < 1.29 is 9.53 Å². The van der Waals surface area contributed by atoms with Gasteiger partial charge in [-0.05, 0) is 50.7 Å². The smallest absolute Gasteiger partial charge is 0.225 e. The second-order valence-electron chi connectivity index (χ2n) is 7.65. The number of ether oxygens (including phenoxy) is 1. The van der Waals surface area contributed by atoms with Crippen LogP contribution in [0.3, 0.4) is 0 Å². The zero-order chi connectivity index (χ0) is 18.4. The number of amides is 1. The summed E-state index contributed by atoms with van der Waals surface area (Å²) in [4.78, 5) is 21.1. The summed E-state index contributed by atoms with van der Waals surface area (Å²) in [6, 6.07) is 4.50. The quantitative estimate of drug-likeness (QED) is 0.875. The Morgan fingerprint density at radius 3 is 2.81 bits per heavy atom. The lowest BCUT2D eigenvalue weighted by atomic mass is 10.1. The molecule has 3 heterocycles. The average molecular weight is 361 g/mol. The Morgan fingerprint density at radius 2 is 2.12 bits per heavy atom. The third kappa shape index (κ3) is 5.34. The lowest BCUT2D eigenvalue weighted by Gasteiger charge is -2.26. The molecule has 0 aromatic carbocycles. The van der Waals surface area contributed by atoms with Gasteiger partial charge in [0.1, 0.15) is 5.82 Å². The maximum Gasteiger partial charge on any atom is 0.225 e. The Kier molecular flexibility index (Phi) is 6.72. The van der Waals surface area contributed by atoms with E-state index in [1.54, 1.807) is 0 Å². The average Bonchev–Trinajstić information content (AvgIpc) is 2.89. The fraction of sp³-hybridized carbons (Fsp3) is 0.700. The number of hydrogen-bond donors (Lipinski definition) is 1. The van der Waals surface area contributed by atoms with E-state index < -0.39 is 0 Å². The molecule has 0 aliphatic carbocycles. The summed E-state index contributed by atoms with van der Waals surface area (Å²) in [5.41, 5.74) is 1.05. The van der Waals surface area contributed by atoms with Crippen LogP contribution in [0, 0.1) is 0 Å². The minimum absolute atomic E-state index is 0.134. The summed E-state index contributed by atoms with van der Waals surface area (Å²) >= 11 is 0. The fourth-order valence-electron chi connectivity index (χ4n) is 3.75. The molecule has 6 heteroatoms. The number of nitrogens with one attached hydrogen (secondary N) is 1. The molecule has 6 nitrogen and oxygen atoms in total. The Morgan fingerprint density at radius 1 is 1.23 bits per heavy atom. The van der Waals surface area contributed by atoms with Gasteiger partial charge in [0.25, 0.3) is 0 Å². The van der Waals surface area contributed by atoms with Crippen LogP contribution < -0.4 is 10.2 Å². The van der Waals surface area contributed by atoms with Crippen LogP contribution in [0.2, 0.25) is 0 Å². The molecule has 1 aromatic rings. The molecule has 3 rings (SSSR count). The zero-order valence-electron chi connectivity index (χ0n) is 16.1. The van der Waals surface area contributed by atoms with E-state index in [0.29, 0.717) is 12.5 Å². The predicted molar refractivity (Wildman–Crippen MR) is 105 cm³/mol. The second kappa shape index (κ2) is 9.21. The Balaban J connectivity index is 1.47. The SMILES string of the molecule is CN(C)c1ccc(N[C@@H]2CCCN(C(=O)C[C@H]3CCCCO3)CC2)cn1. The lowest BCUT2D eigenvalue weighted by Crippen LogP contribution is -2.36. The standard InChI is InChI=1S/C20H32N4O2/c1-23(2)19-9-8-17(15-21-19)22-16-6-5-11-24(12-10-16)20(25)14-18-7-3-4-13-26-18/h8-9,15-16,18,22H,3-7,10-14H2,1-2H3/t16-,18-/m1/s1. The molecule has 0 saturated carbocycles. The third-order valence-electron chi connectivity index (χ3n) is 5.33. The number of hydrogen-bond acceptors (Lipinski definition) is 5. The van der Waals surface area contributed by atoms with Crippen LogP contribution in [0.25, 0.3) is 0 Å². The summed E-state index contributed by atoms with van der Waals surface area (Å²) in [6.07, 6.45) is 9.02. The second-order valence-corrected chi connectivity index (χ2v) is 7.65. The molecule has 2 saturated heterocycles. The highest BCUT2D eigenvalue weighted by atomic mass is 16.5. The molecule has 0 bridgehead atoms. The molecule has 2 aliphatic heterocycles. The van der Waals surface area contributed by atoms with Gasteiger partial charge in [0.2, 0.25) is 5.91 Å². The number of carbonyl (C=O) groups is 1. The van der Waals surface area contributed by atoms with Gasteiger partial charge in [-0.3, -0.25) is 4.79 Å². The Hall–Kier alpha value is -1.82. The molecule has 1 amide bonds. The highest BCUT2D eigenvalue weighted by molar-refractivity contribution is 5.76. The number of nitrogens with zero attached hydrogens (tertiary/aromatic N) is 3. The maximum absolute atomic E-state index is 12.6. The van der Waals surface area contributed by atoms with Gasteiger partial charge in [-0.2, -0.15) is 0 Å². The van der Waals surface area contributed by atoms with Gasteiger partial charge < -0.3 is 19.9 Å². The first-order valence-electron chi connectivity index (χ1n) is 9.91. The monoisotopic (exact) mass is 360 g/mol. The van der Waals surface area contributed by atoms with Crippen molar-refractivity contribution in [1.29, 1.82) is 0 Å². The molecule has 2 aliphatic rings. The van der Waals surface area contributed by atoms with Crippen molar-refractivity contribution in [3.8, 4) is 0 Å². The van der Waals surface area contributed by atoms with Crippen molar-refractivity contribution in [2.75, 3.05) is 44.0 Å². The third-order valence-corrected chi connectivity index (χ3v) is 5.33. The number of carbonyl (C=O) groups excluding carboxylic acids is 1. The van der Waals surface area contributed by atoms with E-state index in [9.17, 15) is 4.79 Å². The molecule has 2 atom stereocenters. The summed E-state index contributed by atoms with van der Waals surface area (Å²) < 4.78 is 5.73. The van der Waals surface area contributed by atoms with Crippen molar-refractivity contribution in [2.24, 2.45) is 0 Å². The van der Waals surface area contributed by atoms with Gasteiger partial charge in [0.05, 0.1) is 24.4 Å². The number of pyridine rings is 1. The van der Waals surface area contributed by atoms with E-state index in [1.165, 1.54) is 6.42 Å². The Bertz CT molecular complexity index is 570. The molecule has 0 unspecified atom stereocenters. The largest absolute Gasteiger partial charge is 0.381 e. The van der Waals surface area contributed by atoms with Crippen molar-refractivity contribution in [3.05, 3.63) is 18.3 Å². The molecule has 1 N–H and O–H groups in total. The van der Waals surface area contributed by atoms with E-state index in [2.05, 4.69) is 16.4 Å². The van der Waals surface area contributed by atoms with Crippen LogP contribution in [-0.2, 0) is 9.53 Å². The van der Waals surface area contributed by atoms with Gasteiger partial charge >= 0.3 is 0 Å². The zero-order valence-corrected chi connectivity index (χ0v) is 16.1. The minimum atomic E-state index is 0.134. The number of rotatable bonds is 5. The van der Waals surface area contributed by atoms with Gasteiger partial charge in [-0.1, -0.05) is 0 Å². The summed E-state index contributed by atoms with van der Waals surface area (Å²) in [7, 11) is 3.98. The molecule has 144 valence electrons. The van der Waals surface area contributed by atoms with Crippen LogP contribution in [0.15, 0.2) is 18.3 Å². The first-order valence-corrected chi connectivity index (χ1v) is 9.91. The van der Waals surface area contributed by atoms with Crippen LogP contribution >= 0.6 is 0 Å². The van der Waals surface area contributed by atoms with E-state index in [-0.39, 0.29) is 12.0 Å². The van der Waals surface area contributed by atoms with Crippen molar-refractivity contribution >= 4 is 17.4 Å². The minimum Gasteiger partial charge on any atom is -0.381 e. The fourth-order valence-corrected chi connectivity index (χ4v) is 3.75. The van der Waals surface area contributed by atoms with Crippen molar-refractivity contribution in [2.45, 2.75) is 57.1 Å². The van der Waals surface area contributed by atoms with Crippen LogP contribution in [-0.4, -0.2) is 61.7 Å². The van der Waals surface area contributed by atoms with Crippen LogP contribution in [0.4, 0.5) is 11.5 Å². The van der Waals surface area contributed by atoms with Crippen LogP contribution in [0.1, 0.15) is 44.9 Å². The first-order chi connectivity index (χ1) is 12.6. The summed E-state index contributed by atoms with van der Waals surface area (Å²) in [6.45, 7) is 2.50. The molecule has 26 heavy (non-hydrogen) atoms. The molecule has 2 fully saturated rings. The normalized spacial score (nSPS) is 24.0. The van der Waals surface area contributed by atoms with Crippen molar-refractivity contribution in [3.63, 3.8) is 0 Å². The predicted octanol–water partition coefficient (Wildman–Crippen LogP) is 2.90. The molecule has 1 aromatic heterocycles. The van der Waals surface area contributed by atoms with E-state index in [1.807, 2.05) is 36.2 Å². The van der Waals surface area contributed by atoms with Gasteiger partial charge in [0, 0.05) is 39.8 Å². The van der Waals surface area contributed by atoms with Gasteiger partial charge in [-0.25, -0.2) is 4.98 Å². The van der Waals surface area contributed by atoms with Gasteiger partial charge in [0.15, 0.2) is 0 Å². The van der Waals surface area contributed by atoms with E-state index in [4.69, 9.17) is 4.74 Å². The maximum atomic E-state index is 12.6. The van der Waals surface area contributed by atoms with Gasteiger partial charge in [-0.15, -0.1) is 0 Å². The highest BCUT2D eigenvalue weighted by Gasteiger charge is 2.24. The number of likely N-dealkylation sites (tertiary alicyclic amines) is 1. The molecular formula is C20H32N4O2. The Labute approximate surface area is 156 Å².